The minimum Gasteiger partial charge on any atom is -0.353 e. The molecule has 0 aliphatic carbocycles. The van der Waals surface area contributed by atoms with E-state index >= 15 is 0 Å². The minimum atomic E-state index is -0.188. The highest BCUT2D eigenvalue weighted by molar-refractivity contribution is 6.30. The van der Waals surface area contributed by atoms with Gasteiger partial charge in [-0.3, -0.25) is 4.79 Å². The van der Waals surface area contributed by atoms with Crippen LogP contribution in [-0.4, -0.2) is 10.9 Å². The van der Waals surface area contributed by atoms with Gasteiger partial charge in [0.05, 0.1) is 11.4 Å². The number of benzene rings is 3. The zero-order valence-corrected chi connectivity index (χ0v) is 15.2. The van der Waals surface area contributed by atoms with Crippen LogP contribution in [0, 0.1) is 0 Å². The molecule has 1 aromatic heterocycles. The standard InChI is InChI=1S/C23H17ClN2O/c24-18-13-10-16(11-14-18)12-15-21(27)26-23-19-8-4-5-9-20(19)25-22(23)17-6-2-1-3-7-17/h1-15,25H,(H,26,27). The van der Waals surface area contributed by atoms with Gasteiger partial charge in [0.15, 0.2) is 0 Å². The van der Waals surface area contributed by atoms with Crippen LogP contribution in [0.4, 0.5) is 5.69 Å². The average Bonchev–Trinajstić information content (AvgIpc) is 3.07. The molecule has 27 heavy (non-hydrogen) atoms. The van der Waals surface area contributed by atoms with Crippen molar-refractivity contribution in [3.63, 3.8) is 0 Å². The van der Waals surface area contributed by atoms with E-state index in [4.69, 9.17) is 11.6 Å². The van der Waals surface area contributed by atoms with Gasteiger partial charge >= 0.3 is 0 Å². The number of fused-ring (bicyclic) bond motifs is 1. The SMILES string of the molecule is O=C(C=Cc1ccc(Cl)cc1)Nc1c(-c2ccccc2)[nH]c2ccccc12. The molecule has 132 valence electrons. The van der Waals surface area contributed by atoms with E-state index < -0.39 is 0 Å². The van der Waals surface area contributed by atoms with E-state index in [-0.39, 0.29) is 5.91 Å². The Labute approximate surface area is 162 Å². The van der Waals surface area contributed by atoms with Gasteiger partial charge in [0, 0.05) is 27.6 Å². The fourth-order valence-corrected chi connectivity index (χ4v) is 3.13. The summed E-state index contributed by atoms with van der Waals surface area (Å²) in [4.78, 5) is 16.0. The second-order valence-corrected chi connectivity index (χ2v) is 6.60. The van der Waals surface area contributed by atoms with Crippen molar-refractivity contribution in [2.24, 2.45) is 0 Å². The van der Waals surface area contributed by atoms with Gasteiger partial charge in [0.1, 0.15) is 0 Å². The van der Waals surface area contributed by atoms with E-state index in [9.17, 15) is 4.79 Å². The van der Waals surface area contributed by atoms with Crippen LogP contribution in [0.2, 0.25) is 5.02 Å². The van der Waals surface area contributed by atoms with Crippen molar-refractivity contribution in [1.82, 2.24) is 4.98 Å². The highest BCUT2D eigenvalue weighted by atomic mass is 35.5. The first-order valence-corrected chi connectivity index (χ1v) is 8.99. The third-order valence-electron chi connectivity index (χ3n) is 4.31. The zero-order valence-electron chi connectivity index (χ0n) is 14.4. The summed E-state index contributed by atoms with van der Waals surface area (Å²) in [5.41, 5.74) is 4.59. The summed E-state index contributed by atoms with van der Waals surface area (Å²) in [6.07, 6.45) is 3.29. The summed E-state index contributed by atoms with van der Waals surface area (Å²) < 4.78 is 0. The number of H-pyrrole nitrogens is 1. The lowest BCUT2D eigenvalue weighted by atomic mass is 10.1. The van der Waals surface area contributed by atoms with Crippen molar-refractivity contribution < 1.29 is 4.79 Å². The predicted octanol–water partition coefficient (Wildman–Crippen LogP) is 6.14. The van der Waals surface area contributed by atoms with Crippen LogP contribution in [0.25, 0.3) is 28.2 Å². The Balaban J connectivity index is 1.66. The van der Waals surface area contributed by atoms with Crippen LogP contribution < -0.4 is 5.32 Å². The molecule has 0 spiro atoms. The predicted molar refractivity (Wildman–Crippen MR) is 113 cm³/mol. The Kier molecular flexibility index (Phi) is 4.77. The van der Waals surface area contributed by atoms with E-state index in [1.54, 1.807) is 18.2 Å². The molecule has 4 heteroatoms. The van der Waals surface area contributed by atoms with Crippen LogP contribution in [0.5, 0.6) is 0 Å². The molecule has 0 unspecified atom stereocenters. The van der Waals surface area contributed by atoms with Crippen LogP contribution in [0.15, 0.2) is 84.9 Å². The third-order valence-corrected chi connectivity index (χ3v) is 4.57. The highest BCUT2D eigenvalue weighted by Crippen LogP contribution is 2.34. The van der Waals surface area contributed by atoms with Crippen molar-refractivity contribution >= 4 is 40.2 Å². The normalized spacial score (nSPS) is 11.1. The molecule has 4 rings (SSSR count). The number of aromatic amines is 1. The molecule has 3 aromatic carbocycles. The van der Waals surface area contributed by atoms with Gasteiger partial charge in [0.25, 0.3) is 0 Å². The lowest BCUT2D eigenvalue weighted by molar-refractivity contribution is -0.111. The molecule has 0 aliphatic rings. The number of anilines is 1. The number of hydrogen-bond acceptors (Lipinski definition) is 1. The van der Waals surface area contributed by atoms with Gasteiger partial charge < -0.3 is 10.3 Å². The lowest BCUT2D eigenvalue weighted by Gasteiger charge is -2.06. The first kappa shape index (κ1) is 17.1. The fourth-order valence-electron chi connectivity index (χ4n) is 3.00. The summed E-state index contributed by atoms with van der Waals surface area (Å²) in [6.45, 7) is 0. The zero-order chi connectivity index (χ0) is 18.6. The summed E-state index contributed by atoms with van der Waals surface area (Å²) in [7, 11) is 0. The Bertz CT molecular complexity index is 1110. The van der Waals surface area contributed by atoms with E-state index in [0.717, 1.165) is 33.4 Å². The first-order valence-electron chi connectivity index (χ1n) is 8.61. The molecular formula is C23H17ClN2O. The van der Waals surface area contributed by atoms with Gasteiger partial charge in [-0.25, -0.2) is 0 Å². The monoisotopic (exact) mass is 372 g/mol. The van der Waals surface area contributed by atoms with Crippen LogP contribution in [0.1, 0.15) is 5.56 Å². The second kappa shape index (κ2) is 7.52. The highest BCUT2D eigenvalue weighted by Gasteiger charge is 2.14. The van der Waals surface area contributed by atoms with Crippen molar-refractivity contribution in [2.75, 3.05) is 5.32 Å². The van der Waals surface area contributed by atoms with Gasteiger partial charge in [-0.2, -0.15) is 0 Å². The molecule has 0 radical (unpaired) electrons. The number of carbonyl (C=O) groups is 1. The molecule has 0 bridgehead atoms. The maximum absolute atomic E-state index is 12.5. The number of halogens is 1. The summed E-state index contributed by atoms with van der Waals surface area (Å²) in [5.74, 6) is -0.188. The van der Waals surface area contributed by atoms with Gasteiger partial charge in [0.2, 0.25) is 5.91 Å². The first-order chi connectivity index (χ1) is 13.2. The summed E-state index contributed by atoms with van der Waals surface area (Å²) in [5, 5.41) is 4.68. The van der Waals surface area contributed by atoms with E-state index in [2.05, 4.69) is 10.3 Å². The summed E-state index contributed by atoms with van der Waals surface area (Å²) in [6, 6.07) is 25.2. The molecule has 0 fully saturated rings. The van der Waals surface area contributed by atoms with Crippen molar-refractivity contribution in [3.8, 4) is 11.3 Å². The maximum Gasteiger partial charge on any atom is 0.248 e. The quantitative estimate of drug-likeness (QED) is 0.415. The Morgan fingerprint density at radius 1 is 0.889 bits per heavy atom. The lowest BCUT2D eigenvalue weighted by Crippen LogP contribution is -2.08. The maximum atomic E-state index is 12.5. The Morgan fingerprint density at radius 2 is 1.59 bits per heavy atom. The molecule has 3 nitrogen and oxygen atoms in total. The number of rotatable bonds is 4. The van der Waals surface area contributed by atoms with E-state index in [0.29, 0.717) is 5.02 Å². The molecule has 0 aliphatic heterocycles. The smallest absolute Gasteiger partial charge is 0.248 e. The van der Waals surface area contributed by atoms with E-state index in [1.807, 2.05) is 66.7 Å². The molecule has 1 amide bonds. The fraction of sp³-hybridized carbons (Fsp3) is 0. The van der Waals surface area contributed by atoms with Gasteiger partial charge in [-0.15, -0.1) is 0 Å². The molecule has 2 N–H and O–H groups in total. The van der Waals surface area contributed by atoms with Crippen molar-refractivity contribution in [1.29, 1.82) is 0 Å². The number of amides is 1. The van der Waals surface area contributed by atoms with Crippen molar-refractivity contribution in [2.45, 2.75) is 0 Å². The topological polar surface area (TPSA) is 44.9 Å². The second-order valence-electron chi connectivity index (χ2n) is 6.16. The van der Waals surface area contributed by atoms with Gasteiger partial charge in [-0.1, -0.05) is 72.3 Å². The molecule has 0 saturated heterocycles. The Morgan fingerprint density at radius 3 is 2.37 bits per heavy atom. The van der Waals surface area contributed by atoms with E-state index in [1.165, 1.54) is 6.08 Å². The number of para-hydroxylation sites is 1. The molecule has 0 atom stereocenters. The third kappa shape index (κ3) is 3.78. The van der Waals surface area contributed by atoms with Crippen LogP contribution >= 0.6 is 11.6 Å². The minimum absolute atomic E-state index is 0.188. The van der Waals surface area contributed by atoms with Crippen molar-refractivity contribution in [3.05, 3.63) is 95.5 Å². The average molecular weight is 373 g/mol. The summed E-state index contributed by atoms with van der Waals surface area (Å²) >= 11 is 5.89. The van der Waals surface area contributed by atoms with Crippen LogP contribution in [0.3, 0.4) is 0 Å². The number of aromatic nitrogens is 1. The largest absolute Gasteiger partial charge is 0.353 e. The molecule has 4 aromatic rings. The number of carbonyl (C=O) groups excluding carboxylic acids is 1. The molecule has 0 saturated carbocycles. The molecular weight excluding hydrogens is 356 g/mol. The van der Waals surface area contributed by atoms with Gasteiger partial charge in [-0.05, 0) is 29.8 Å². The van der Waals surface area contributed by atoms with Crippen LogP contribution in [-0.2, 0) is 4.79 Å². The Hall–Kier alpha value is -3.30. The molecule has 1 heterocycles. The number of hydrogen-bond donors (Lipinski definition) is 2. The number of nitrogens with one attached hydrogen (secondary N) is 2.